The summed E-state index contributed by atoms with van der Waals surface area (Å²) in [5, 5.41) is 2.40. The number of para-hydroxylation sites is 2. The Morgan fingerprint density at radius 1 is 0.246 bits per heavy atom. The standard InChI is InChI=1S/C57H38N4/c1-5-17-39(18-6-1)42-29-31-44(32-30-42)56-58-55(43-23-11-4-12-24-43)59-57(60-56)45-33-34-49(54(38-45)61-52-27-15-13-25-50(52)51-26-14-16-28-53(51)61)48-36-46(40-19-7-2-8-20-40)35-47(37-48)41-21-9-3-10-22-41/h1-38H. The van der Waals surface area contributed by atoms with Gasteiger partial charge in [0.2, 0.25) is 0 Å². The molecular weight excluding hydrogens is 741 g/mol. The zero-order valence-electron chi connectivity index (χ0n) is 33.2. The average Bonchev–Trinajstić information content (AvgIpc) is 3.69. The largest absolute Gasteiger partial charge is 0.309 e. The third-order valence-electron chi connectivity index (χ3n) is 11.5. The molecule has 0 saturated carbocycles. The first-order valence-corrected chi connectivity index (χ1v) is 20.6. The van der Waals surface area contributed by atoms with E-state index in [0.717, 1.165) is 61.2 Å². The van der Waals surface area contributed by atoms with E-state index in [9.17, 15) is 0 Å². The van der Waals surface area contributed by atoms with Crippen molar-refractivity contribution in [2.75, 3.05) is 0 Å². The summed E-state index contributed by atoms with van der Waals surface area (Å²) in [6.45, 7) is 0. The minimum atomic E-state index is 0.604. The highest BCUT2D eigenvalue weighted by Crippen LogP contribution is 2.41. The molecular formula is C57H38N4. The maximum absolute atomic E-state index is 5.23. The fourth-order valence-corrected chi connectivity index (χ4v) is 8.45. The van der Waals surface area contributed by atoms with Gasteiger partial charge in [-0.1, -0.05) is 194 Å². The normalized spacial score (nSPS) is 11.3. The lowest BCUT2D eigenvalue weighted by Gasteiger charge is -2.18. The summed E-state index contributed by atoms with van der Waals surface area (Å²) in [5.41, 5.74) is 15.2. The number of aromatic nitrogens is 4. The Kier molecular flexibility index (Phi) is 9.14. The summed E-state index contributed by atoms with van der Waals surface area (Å²) in [6, 6.07) is 81.3. The molecule has 0 unspecified atom stereocenters. The summed E-state index contributed by atoms with van der Waals surface area (Å²) in [6.07, 6.45) is 0. The Balaban J connectivity index is 1.15. The van der Waals surface area contributed by atoms with Gasteiger partial charge in [-0.25, -0.2) is 15.0 Å². The number of benzene rings is 9. The first kappa shape index (κ1) is 35.9. The molecule has 0 atom stereocenters. The van der Waals surface area contributed by atoms with E-state index >= 15 is 0 Å². The monoisotopic (exact) mass is 778 g/mol. The molecule has 11 aromatic rings. The van der Waals surface area contributed by atoms with Gasteiger partial charge in [0.05, 0.1) is 16.7 Å². The SMILES string of the molecule is c1ccc(-c2ccc(-c3nc(-c4ccccc4)nc(-c4ccc(-c5cc(-c6ccccc6)cc(-c6ccccc6)c5)c(-n5c6ccccc6c6ccccc65)c4)n3)cc2)cc1. The molecule has 9 aromatic carbocycles. The minimum absolute atomic E-state index is 0.604. The van der Waals surface area contributed by atoms with Gasteiger partial charge in [-0.15, -0.1) is 0 Å². The van der Waals surface area contributed by atoms with Crippen molar-refractivity contribution < 1.29 is 0 Å². The van der Waals surface area contributed by atoms with Crippen LogP contribution >= 0.6 is 0 Å². The Morgan fingerprint density at radius 2 is 0.590 bits per heavy atom. The number of rotatable bonds is 8. The smallest absolute Gasteiger partial charge is 0.164 e. The van der Waals surface area contributed by atoms with Gasteiger partial charge in [0.15, 0.2) is 17.5 Å². The molecule has 11 rings (SSSR count). The second-order valence-corrected chi connectivity index (χ2v) is 15.2. The van der Waals surface area contributed by atoms with Crippen LogP contribution in [0.15, 0.2) is 231 Å². The van der Waals surface area contributed by atoms with Crippen LogP contribution in [0.4, 0.5) is 0 Å². The van der Waals surface area contributed by atoms with Gasteiger partial charge >= 0.3 is 0 Å². The second-order valence-electron chi connectivity index (χ2n) is 15.2. The van der Waals surface area contributed by atoms with E-state index in [1.54, 1.807) is 0 Å². The lowest BCUT2D eigenvalue weighted by Crippen LogP contribution is -2.02. The summed E-state index contributed by atoms with van der Waals surface area (Å²) < 4.78 is 2.41. The van der Waals surface area contributed by atoms with Gasteiger partial charge in [0.1, 0.15) is 0 Å². The predicted octanol–water partition coefficient (Wildman–Crippen LogP) is 14.6. The van der Waals surface area contributed by atoms with Crippen LogP contribution in [0.25, 0.3) is 106 Å². The van der Waals surface area contributed by atoms with Crippen molar-refractivity contribution in [3.63, 3.8) is 0 Å². The Bertz CT molecular complexity index is 3210. The molecule has 0 amide bonds. The Hall–Kier alpha value is -8.21. The van der Waals surface area contributed by atoms with Crippen molar-refractivity contribution in [1.82, 2.24) is 19.5 Å². The number of hydrogen-bond acceptors (Lipinski definition) is 3. The van der Waals surface area contributed by atoms with Crippen LogP contribution in [0.3, 0.4) is 0 Å². The second kappa shape index (κ2) is 15.5. The van der Waals surface area contributed by atoms with Gasteiger partial charge in [-0.05, 0) is 75.3 Å². The highest BCUT2D eigenvalue weighted by Gasteiger charge is 2.20. The van der Waals surface area contributed by atoms with Crippen molar-refractivity contribution in [3.8, 4) is 84.4 Å². The molecule has 0 N–H and O–H groups in total. The predicted molar refractivity (Wildman–Crippen MR) is 252 cm³/mol. The zero-order chi connectivity index (χ0) is 40.5. The molecule has 61 heavy (non-hydrogen) atoms. The number of nitrogens with zero attached hydrogens (tertiary/aromatic N) is 4. The maximum Gasteiger partial charge on any atom is 0.164 e. The van der Waals surface area contributed by atoms with Gasteiger partial charge in [-0.3, -0.25) is 0 Å². The average molecular weight is 779 g/mol. The lowest BCUT2D eigenvalue weighted by atomic mass is 9.92. The minimum Gasteiger partial charge on any atom is -0.309 e. The van der Waals surface area contributed by atoms with E-state index in [4.69, 9.17) is 15.0 Å². The van der Waals surface area contributed by atoms with Crippen LogP contribution in [0, 0.1) is 0 Å². The first-order chi connectivity index (χ1) is 30.2. The van der Waals surface area contributed by atoms with E-state index in [1.807, 2.05) is 24.3 Å². The Morgan fingerprint density at radius 3 is 1.10 bits per heavy atom. The molecule has 4 heteroatoms. The lowest BCUT2D eigenvalue weighted by molar-refractivity contribution is 1.07. The van der Waals surface area contributed by atoms with Gasteiger partial charge in [0, 0.05) is 33.0 Å². The van der Waals surface area contributed by atoms with Crippen molar-refractivity contribution in [3.05, 3.63) is 231 Å². The molecule has 0 spiro atoms. The highest BCUT2D eigenvalue weighted by atomic mass is 15.0. The van der Waals surface area contributed by atoms with Crippen molar-refractivity contribution in [2.24, 2.45) is 0 Å². The van der Waals surface area contributed by atoms with E-state index in [-0.39, 0.29) is 0 Å². The van der Waals surface area contributed by atoms with Gasteiger partial charge < -0.3 is 4.57 Å². The molecule has 0 fully saturated rings. The summed E-state index contributed by atoms with van der Waals surface area (Å²) in [4.78, 5) is 15.5. The molecule has 2 heterocycles. The van der Waals surface area contributed by atoms with Crippen molar-refractivity contribution in [1.29, 1.82) is 0 Å². The van der Waals surface area contributed by atoms with Gasteiger partial charge in [0.25, 0.3) is 0 Å². The molecule has 2 aromatic heterocycles. The summed E-state index contributed by atoms with van der Waals surface area (Å²) in [7, 11) is 0. The fourth-order valence-electron chi connectivity index (χ4n) is 8.45. The molecule has 0 aliphatic carbocycles. The number of hydrogen-bond donors (Lipinski definition) is 0. The fraction of sp³-hybridized carbons (Fsp3) is 0. The van der Waals surface area contributed by atoms with E-state index in [0.29, 0.717) is 17.5 Å². The third-order valence-corrected chi connectivity index (χ3v) is 11.5. The number of fused-ring (bicyclic) bond motifs is 3. The first-order valence-electron chi connectivity index (χ1n) is 20.6. The molecule has 0 saturated heterocycles. The maximum atomic E-state index is 5.23. The molecule has 4 nitrogen and oxygen atoms in total. The van der Waals surface area contributed by atoms with E-state index in [2.05, 4.69) is 211 Å². The van der Waals surface area contributed by atoms with Crippen LogP contribution in [0.5, 0.6) is 0 Å². The topological polar surface area (TPSA) is 43.6 Å². The quantitative estimate of drug-likeness (QED) is 0.154. The third kappa shape index (κ3) is 6.86. The van der Waals surface area contributed by atoms with Crippen LogP contribution in [-0.2, 0) is 0 Å². The summed E-state index contributed by atoms with van der Waals surface area (Å²) in [5.74, 6) is 1.85. The molecule has 0 aliphatic heterocycles. The molecule has 0 radical (unpaired) electrons. The highest BCUT2D eigenvalue weighted by molar-refractivity contribution is 6.10. The Labute approximate surface area is 354 Å². The van der Waals surface area contributed by atoms with E-state index < -0.39 is 0 Å². The van der Waals surface area contributed by atoms with Crippen LogP contribution in [0.2, 0.25) is 0 Å². The molecule has 0 bridgehead atoms. The van der Waals surface area contributed by atoms with Crippen LogP contribution in [-0.4, -0.2) is 19.5 Å². The van der Waals surface area contributed by atoms with Crippen LogP contribution in [0.1, 0.15) is 0 Å². The molecule has 0 aliphatic rings. The molecule has 286 valence electrons. The summed E-state index contributed by atoms with van der Waals surface area (Å²) >= 11 is 0. The van der Waals surface area contributed by atoms with Crippen LogP contribution < -0.4 is 0 Å². The van der Waals surface area contributed by atoms with Crippen molar-refractivity contribution in [2.45, 2.75) is 0 Å². The zero-order valence-corrected chi connectivity index (χ0v) is 33.2. The van der Waals surface area contributed by atoms with Crippen molar-refractivity contribution >= 4 is 21.8 Å². The van der Waals surface area contributed by atoms with E-state index in [1.165, 1.54) is 27.5 Å². The van der Waals surface area contributed by atoms with Gasteiger partial charge in [-0.2, -0.15) is 0 Å².